The SMILES string of the molecule is CC(C)(C)OC(=O)N1CCC(CN)CC12CCCC2. The molecule has 2 aliphatic rings. The van der Waals surface area contributed by atoms with Crippen molar-refractivity contribution in [3.63, 3.8) is 0 Å². The molecule has 110 valence electrons. The summed E-state index contributed by atoms with van der Waals surface area (Å²) >= 11 is 0. The lowest BCUT2D eigenvalue weighted by Crippen LogP contribution is -2.56. The van der Waals surface area contributed by atoms with Crippen molar-refractivity contribution in [3.8, 4) is 0 Å². The van der Waals surface area contributed by atoms with Crippen LogP contribution in [0.15, 0.2) is 0 Å². The van der Waals surface area contributed by atoms with Gasteiger partial charge in [-0.3, -0.25) is 0 Å². The first-order valence-electron chi connectivity index (χ1n) is 7.57. The number of likely N-dealkylation sites (tertiary alicyclic amines) is 1. The smallest absolute Gasteiger partial charge is 0.410 e. The summed E-state index contributed by atoms with van der Waals surface area (Å²) in [6.45, 7) is 7.33. The Balaban J connectivity index is 2.12. The van der Waals surface area contributed by atoms with Crippen LogP contribution in [0, 0.1) is 5.92 Å². The molecule has 1 saturated heterocycles. The van der Waals surface area contributed by atoms with Crippen molar-refractivity contribution in [2.45, 2.75) is 70.4 Å². The Hall–Kier alpha value is -0.770. The molecule has 0 aromatic heterocycles. The van der Waals surface area contributed by atoms with E-state index in [1.165, 1.54) is 12.8 Å². The Morgan fingerprint density at radius 2 is 2.00 bits per heavy atom. The van der Waals surface area contributed by atoms with Crippen LogP contribution >= 0.6 is 0 Å². The molecule has 0 radical (unpaired) electrons. The van der Waals surface area contributed by atoms with Crippen molar-refractivity contribution in [1.29, 1.82) is 0 Å². The van der Waals surface area contributed by atoms with Gasteiger partial charge in [0, 0.05) is 12.1 Å². The molecule has 4 nitrogen and oxygen atoms in total. The molecule has 1 unspecified atom stereocenters. The van der Waals surface area contributed by atoms with Crippen molar-refractivity contribution in [1.82, 2.24) is 4.90 Å². The second-order valence-corrected chi connectivity index (χ2v) is 7.16. The van der Waals surface area contributed by atoms with Gasteiger partial charge in [0.2, 0.25) is 0 Å². The maximum absolute atomic E-state index is 12.4. The first-order valence-corrected chi connectivity index (χ1v) is 7.57. The van der Waals surface area contributed by atoms with Crippen LogP contribution < -0.4 is 5.73 Å². The lowest BCUT2D eigenvalue weighted by molar-refractivity contribution is -0.0228. The third-order valence-corrected chi connectivity index (χ3v) is 4.48. The second-order valence-electron chi connectivity index (χ2n) is 7.16. The van der Waals surface area contributed by atoms with Gasteiger partial charge in [0.1, 0.15) is 5.60 Å². The van der Waals surface area contributed by atoms with E-state index in [1.807, 2.05) is 25.7 Å². The van der Waals surface area contributed by atoms with E-state index < -0.39 is 5.60 Å². The standard InChI is InChI=1S/C15H28N2O2/c1-14(2,3)19-13(18)17-9-6-12(11-16)10-15(17)7-4-5-8-15/h12H,4-11,16H2,1-3H3. The van der Waals surface area contributed by atoms with Gasteiger partial charge >= 0.3 is 6.09 Å². The van der Waals surface area contributed by atoms with Crippen molar-refractivity contribution in [2.75, 3.05) is 13.1 Å². The molecule has 1 heterocycles. The van der Waals surface area contributed by atoms with Gasteiger partial charge in [0.15, 0.2) is 0 Å². The highest BCUT2D eigenvalue weighted by atomic mass is 16.6. The van der Waals surface area contributed by atoms with Crippen LogP contribution in [0.1, 0.15) is 59.3 Å². The summed E-state index contributed by atoms with van der Waals surface area (Å²) in [6, 6.07) is 0. The molecule has 0 aromatic rings. The fourth-order valence-electron chi connectivity index (χ4n) is 3.61. The Morgan fingerprint density at radius 3 is 2.53 bits per heavy atom. The fraction of sp³-hybridized carbons (Fsp3) is 0.933. The zero-order valence-corrected chi connectivity index (χ0v) is 12.6. The number of hydrogen-bond donors (Lipinski definition) is 1. The summed E-state index contributed by atoms with van der Waals surface area (Å²) in [5, 5.41) is 0. The largest absolute Gasteiger partial charge is 0.444 e. The number of carbonyl (C=O) groups is 1. The Labute approximate surface area is 116 Å². The summed E-state index contributed by atoms with van der Waals surface area (Å²) in [6.07, 6.45) is 6.60. The normalized spacial score (nSPS) is 26.7. The molecule has 0 aromatic carbocycles. The van der Waals surface area contributed by atoms with E-state index in [9.17, 15) is 4.79 Å². The molecule has 1 saturated carbocycles. The Morgan fingerprint density at radius 1 is 1.37 bits per heavy atom. The lowest BCUT2D eigenvalue weighted by Gasteiger charge is -2.47. The molecule has 19 heavy (non-hydrogen) atoms. The quantitative estimate of drug-likeness (QED) is 0.795. The minimum absolute atomic E-state index is 0.0324. The van der Waals surface area contributed by atoms with Crippen LogP contribution in [0.5, 0.6) is 0 Å². The minimum Gasteiger partial charge on any atom is -0.444 e. The van der Waals surface area contributed by atoms with Crippen molar-refractivity contribution >= 4 is 6.09 Å². The average Bonchev–Trinajstić information content (AvgIpc) is 2.75. The van der Waals surface area contributed by atoms with E-state index in [1.54, 1.807) is 0 Å². The molecule has 4 heteroatoms. The minimum atomic E-state index is -0.415. The molecule has 2 fully saturated rings. The Bertz CT molecular complexity index is 330. The summed E-state index contributed by atoms with van der Waals surface area (Å²) in [5.41, 5.74) is 5.46. The van der Waals surface area contributed by atoms with Crippen LogP contribution in [-0.4, -0.2) is 35.2 Å². The monoisotopic (exact) mass is 268 g/mol. The number of amides is 1. The maximum atomic E-state index is 12.4. The van der Waals surface area contributed by atoms with Crippen LogP contribution in [0.25, 0.3) is 0 Å². The third-order valence-electron chi connectivity index (χ3n) is 4.48. The molecule has 1 aliphatic heterocycles. The summed E-state index contributed by atoms with van der Waals surface area (Å²) in [5.74, 6) is 0.566. The lowest BCUT2D eigenvalue weighted by atomic mass is 9.79. The molecule has 2 rings (SSSR count). The van der Waals surface area contributed by atoms with Crippen LogP contribution in [0.2, 0.25) is 0 Å². The van der Waals surface area contributed by atoms with Crippen LogP contribution in [0.3, 0.4) is 0 Å². The maximum Gasteiger partial charge on any atom is 0.410 e. The van der Waals surface area contributed by atoms with E-state index in [0.29, 0.717) is 5.92 Å². The predicted molar refractivity (Wildman–Crippen MR) is 75.9 cm³/mol. The first-order chi connectivity index (χ1) is 8.86. The van der Waals surface area contributed by atoms with E-state index in [4.69, 9.17) is 10.5 Å². The molecule has 1 spiro atoms. The number of hydrogen-bond acceptors (Lipinski definition) is 3. The summed E-state index contributed by atoms with van der Waals surface area (Å²) in [4.78, 5) is 14.5. The molecular formula is C15H28N2O2. The summed E-state index contributed by atoms with van der Waals surface area (Å²) < 4.78 is 5.59. The zero-order chi connectivity index (χ0) is 14.1. The Kier molecular flexibility index (Phi) is 4.09. The van der Waals surface area contributed by atoms with Gasteiger partial charge in [0.25, 0.3) is 0 Å². The molecule has 1 aliphatic carbocycles. The van der Waals surface area contributed by atoms with Crippen LogP contribution in [0.4, 0.5) is 4.79 Å². The fourth-order valence-corrected chi connectivity index (χ4v) is 3.61. The number of ether oxygens (including phenoxy) is 1. The van der Waals surface area contributed by atoms with E-state index in [-0.39, 0.29) is 11.6 Å². The van der Waals surface area contributed by atoms with Gasteiger partial charge in [-0.1, -0.05) is 12.8 Å². The van der Waals surface area contributed by atoms with Gasteiger partial charge in [-0.25, -0.2) is 4.79 Å². The number of nitrogens with two attached hydrogens (primary N) is 1. The number of carbonyl (C=O) groups excluding carboxylic acids is 1. The highest BCUT2D eigenvalue weighted by molar-refractivity contribution is 5.69. The predicted octanol–water partition coefficient (Wildman–Crippen LogP) is 2.91. The van der Waals surface area contributed by atoms with E-state index in [2.05, 4.69) is 0 Å². The number of rotatable bonds is 1. The first kappa shape index (κ1) is 14.6. The van der Waals surface area contributed by atoms with Gasteiger partial charge < -0.3 is 15.4 Å². The molecule has 2 N–H and O–H groups in total. The van der Waals surface area contributed by atoms with E-state index in [0.717, 1.165) is 38.8 Å². The van der Waals surface area contributed by atoms with Gasteiger partial charge in [-0.2, -0.15) is 0 Å². The highest BCUT2D eigenvalue weighted by Crippen LogP contribution is 2.44. The van der Waals surface area contributed by atoms with E-state index >= 15 is 0 Å². The van der Waals surface area contributed by atoms with Gasteiger partial charge in [0.05, 0.1) is 0 Å². The second kappa shape index (κ2) is 5.31. The van der Waals surface area contributed by atoms with Crippen LogP contribution in [-0.2, 0) is 4.74 Å². The molecule has 1 atom stereocenters. The molecular weight excluding hydrogens is 240 g/mol. The van der Waals surface area contributed by atoms with Crippen molar-refractivity contribution in [3.05, 3.63) is 0 Å². The third kappa shape index (κ3) is 3.22. The molecule has 1 amide bonds. The van der Waals surface area contributed by atoms with Crippen molar-refractivity contribution < 1.29 is 9.53 Å². The highest BCUT2D eigenvalue weighted by Gasteiger charge is 2.47. The van der Waals surface area contributed by atoms with Gasteiger partial charge in [-0.05, 0) is 58.9 Å². The topological polar surface area (TPSA) is 55.6 Å². The molecule has 0 bridgehead atoms. The van der Waals surface area contributed by atoms with Gasteiger partial charge in [-0.15, -0.1) is 0 Å². The van der Waals surface area contributed by atoms with Crippen molar-refractivity contribution in [2.24, 2.45) is 11.7 Å². The average molecular weight is 268 g/mol. The number of piperidine rings is 1. The summed E-state index contributed by atoms with van der Waals surface area (Å²) in [7, 11) is 0. The number of nitrogens with zero attached hydrogens (tertiary/aromatic N) is 1. The zero-order valence-electron chi connectivity index (χ0n) is 12.6.